The Balaban J connectivity index is 1.94. The van der Waals surface area contributed by atoms with Crippen LogP contribution in [0, 0.1) is 0 Å². The van der Waals surface area contributed by atoms with Crippen molar-refractivity contribution in [3.8, 4) is 0 Å². The third-order valence-corrected chi connectivity index (χ3v) is 6.41. The maximum Gasteiger partial charge on any atom is 0.338 e. The number of nitrogens with zero attached hydrogens (tertiary/aromatic N) is 1. The fourth-order valence-electron chi connectivity index (χ4n) is 4.11. The van der Waals surface area contributed by atoms with Crippen LogP contribution in [0.25, 0.3) is 0 Å². The van der Waals surface area contributed by atoms with Crippen LogP contribution in [0.5, 0.6) is 0 Å². The topological polar surface area (TPSA) is 81.9 Å². The molecule has 0 spiro atoms. The molecule has 6 nitrogen and oxygen atoms in total. The Labute approximate surface area is 195 Å². The number of hydrogen-bond donors (Lipinski definition) is 1. The highest BCUT2D eigenvalue weighted by Crippen LogP contribution is 2.30. The van der Waals surface area contributed by atoms with Crippen molar-refractivity contribution < 1.29 is 19.1 Å². The first-order chi connectivity index (χ1) is 14.9. The molecular weight excluding hydrogens is 460 g/mol. The van der Waals surface area contributed by atoms with E-state index in [1.54, 1.807) is 6.07 Å². The molecule has 7 heteroatoms. The van der Waals surface area contributed by atoms with Gasteiger partial charge in [0, 0.05) is 24.0 Å². The van der Waals surface area contributed by atoms with Crippen LogP contribution >= 0.6 is 15.9 Å². The summed E-state index contributed by atoms with van der Waals surface area (Å²) in [6.45, 7) is 6.14. The molecule has 1 fully saturated rings. The summed E-state index contributed by atoms with van der Waals surface area (Å²) < 4.78 is 11.1. The molecule has 1 aromatic carbocycles. The van der Waals surface area contributed by atoms with Gasteiger partial charge in [0.15, 0.2) is 0 Å². The Morgan fingerprint density at radius 3 is 2.42 bits per heavy atom. The minimum absolute atomic E-state index is 0.267. The van der Waals surface area contributed by atoms with E-state index in [0.29, 0.717) is 30.5 Å². The molecule has 0 amide bonds. The summed E-state index contributed by atoms with van der Waals surface area (Å²) in [6, 6.07) is 4.22. The van der Waals surface area contributed by atoms with Crippen molar-refractivity contribution in [2.24, 2.45) is 0 Å². The summed E-state index contributed by atoms with van der Waals surface area (Å²) in [4.78, 5) is 25.9. The van der Waals surface area contributed by atoms with E-state index in [2.05, 4.69) is 27.8 Å². The van der Waals surface area contributed by atoms with Gasteiger partial charge in [-0.05, 0) is 78.7 Å². The molecule has 0 saturated heterocycles. The molecule has 0 radical (unpaired) electrons. The van der Waals surface area contributed by atoms with Gasteiger partial charge in [0.2, 0.25) is 0 Å². The lowest BCUT2D eigenvalue weighted by Gasteiger charge is -2.34. The van der Waals surface area contributed by atoms with Gasteiger partial charge in [-0.1, -0.05) is 26.2 Å². The molecule has 174 valence electrons. The number of carbonyl (C=O) groups excluding carboxylic acids is 2. The summed E-state index contributed by atoms with van der Waals surface area (Å²) in [5, 5.41) is 0. The number of ether oxygens (including phenoxy) is 2. The number of halogens is 1. The number of anilines is 1. The number of nitrogen functional groups attached to an aromatic ring is 1. The maximum atomic E-state index is 12.6. The van der Waals surface area contributed by atoms with E-state index in [1.807, 2.05) is 6.07 Å². The predicted octanol–water partition coefficient (Wildman–Crippen LogP) is 5.47. The van der Waals surface area contributed by atoms with Crippen molar-refractivity contribution >= 4 is 33.6 Å². The number of benzene rings is 1. The summed E-state index contributed by atoms with van der Waals surface area (Å²) >= 11 is 3.52. The second-order valence-electron chi connectivity index (χ2n) is 8.33. The van der Waals surface area contributed by atoms with Crippen molar-refractivity contribution in [3.05, 3.63) is 27.7 Å². The monoisotopic (exact) mass is 496 g/mol. The number of unbranched alkanes of at least 4 members (excludes halogenated alkanes) is 2. The molecule has 1 aliphatic rings. The first-order valence-electron chi connectivity index (χ1n) is 11.5. The van der Waals surface area contributed by atoms with E-state index in [1.165, 1.54) is 39.0 Å². The van der Waals surface area contributed by atoms with E-state index in [-0.39, 0.29) is 11.9 Å². The number of esters is 2. The van der Waals surface area contributed by atoms with Gasteiger partial charge in [-0.25, -0.2) is 4.79 Å². The van der Waals surface area contributed by atoms with E-state index >= 15 is 0 Å². The molecule has 2 N–H and O–H groups in total. The average Bonchev–Trinajstić information content (AvgIpc) is 2.75. The fraction of sp³-hybridized carbons (Fsp3) is 0.667. The molecule has 0 atom stereocenters. The zero-order valence-corrected chi connectivity index (χ0v) is 20.5. The zero-order chi connectivity index (χ0) is 22.6. The second-order valence-corrected chi connectivity index (χ2v) is 9.18. The lowest BCUT2D eigenvalue weighted by Crippen LogP contribution is -2.37. The molecule has 0 bridgehead atoms. The van der Waals surface area contributed by atoms with Gasteiger partial charge in [0.25, 0.3) is 0 Å². The lowest BCUT2D eigenvalue weighted by molar-refractivity contribution is -0.141. The van der Waals surface area contributed by atoms with Crippen LogP contribution in [0.15, 0.2) is 16.6 Å². The van der Waals surface area contributed by atoms with Crippen molar-refractivity contribution in [3.63, 3.8) is 0 Å². The van der Waals surface area contributed by atoms with Gasteiger partial charge < -0.3 is 15.2 Å². The molecule has 0 aliphatic heterocycles. The Bertz CT molecular complexity index is 720. The number of rotatable bonds is 12. The Hall–Kier alpha value is -1.60. The average molecular weight is 497 g/mol. The molecular formula is C24H37BrN2O4. The van der Waals surface area contributed by atoms with Crippen molar-refractivity contribution in [2.45, 2.75) is 84.2 Å². The van der Waals surface area contributed by atoms with E-state index in [0.717, 1.165) is 48.8 Å². The van der Waals surface area contributed by atoms with Gasteiger partial charge in [-0.15, -0.1) is 0 Å². The molecule has 0 aromatic heterocycles. The standard InChI is InChI=1S/C24H37BrN2O4/c1-3-12-27(21-10-6-4-7-11-21)17-20-15-19(16-22(25)23(20)26)24(29)31-14-9-5-8-13-30-18(2)28/h15-16,21H,3-14,17,26H2,1-2H3. The van der Waals surface area contributed by atoms with Gasteiger partial charge in [0.1, 0.15) is 0 Å². The summed E-state index contributed by atoms with van der Waals surface area (Å²) in [5.41, 5.74) is 8.54. The van der Waals surface area contributed by atoms with Crippen molar-refractivity contribution in [2.75, 3.05) is 25.5 Å². The molecule has 1 saturated carbocycles. The molecule has 0 unspecified atom stereocenters. The largest absolute Gasteiger partial charge is 0.466 e. The first-order valence-corrected chi connectivity index (χ1v) is 12.3. The highest BCUT2D eigenvalue weighted by molar-refractivity contribution is 9.10. The maximum absolute atomic E-state index is 12.6. The molecule has 31 heavy (non-hydrogen) atoms. The number of nitrogens with two attached hydrogens (primary N) is 1. The Morgan fingerprint density at radius 2 is 1.77 bits per heavy atom. The van der Waals surface area contributed by atoms with Gasteiger partial charge in [-0.2, -0.15) is 0 Å². The van der Waals surface area contributed by atoms with Crippen LogP contribution in [0.2, 0.25) is 0 Å². The van der Waals surface area contributed by atoms with Crippen molar-refractivity contribution in [1.29, 1.82) is 0 Å². The van der Waals surface area contributed by atoms with Crippen LogP contribution in [-0.2, 0) is 20.8 Å². The number of carbonyl (C=O) groups is 2. The van der Waals surface area contributed by atoms with Gasteiger partial charge >= 0.3 is 11.9 Å². The second kappa shape index (κ2) is 13.7. The zero-order valence-electron chi connectivity index (χ0n) is 19.0. The van der Waals surface area contributed by atoms with Gasteiger partial charge in [0.05, 0.1) is 24.5 Å². The first kappa shape index (κ1) is 25.7. The third kappa shape index (κ3) is 8.81. The van der Waals surface area contributed by atoms with Crippen LogP contribution in [0.1, 0.15) is 87.6 Å². The molecule has 0 heterocycles. The third-order valence-electron chi connectivity index (χ3n) is 5.75. The van der Waals surface area contributed by atoms with E-state index < -0.39 is 0 Å². The summed E-state index contributed by atoms with van der Waals surface area (Å²) in [6.07, 6.45) is 9.82. The lowest BCUT2D eigenvalue weighted by atomic mass is 9.93. The van der Waals surface area contributed by atoms with Crippen LogP contribution < -0.4 is 5.73 Å². The molecule has 1 aromatic rings. The van der Waals surface area contributed by atoms with Crippen LogP contribution in [0.4, 0.5) is 5.69 Å². The quantitative estimate of drug-likeness (QED) is 0.234. The van der Waals surface area contributed by atoms with E-state index in [9.17, 15) is 9.59 Å². The number of hydrogen-bond acceptors (Lipinski definition) is 6. The Kier molecular flexibility index (Phi) is 11.4. The van der Waals surface area contributed by atoms with Crippen molar-refractivity contribution in [1.82, 2.24) is 4.90 Å². The van der Waals surface area contributed by atoms with Crippen LogP contribution in [-0.4, -0.2) is 42.6 Å². The fourth-order valence-corrected chi connectivity index (χ4v) is 4.61. The minimum Gasteiger partial charge on any atom is -0.466 e. The summed E-state index contributed by atoms with van der Waals surface area (Å²) in [7, 11) is 0. The SMILES string of the molecule is CCCN(Cc1cc(C(=O)OCCCCCOC(C)=O)cc(Br)c1N)C1CCCCC1. The summed E-state index contributed by atoms with van der Waals surface area (Å²) in [5.74, 6) is -0.598. The smallest absolute Gasteiger partial charge is 0.338 e. The normalized spacial score (nSPS) is 14.6. The molecule has 2 rings (SSSR count). The van der Waals surface area contributed by atoms with Crippen LogP contribution in [0.3, 0.4) is 0 Å². The predicted molar refractivity (Wildman–Crippen MR) is 127 cm³/mol. The molecule has 1 aliphatic carbocycles. The highest BCUT2D eigenvalue weighted by Gasteiger charge is 2.22. The highest BCUT2D eigenvalue weighted by atomic mass is 79.9. The minimum atomic E-state index is -0.332. The van der Waals surface area contributed by atoms with Gasteiger partial charge in [-0.3, -0.25) is 9.69 Å². The Morgan fingerprint density at radius 1 is 1.10 bits per heavy atom. The van der Waals surface area contributed by atoms with E-state index in [4.69, 9.17) is 15.2 Å².